The Labute approximate surface area is 248 Å². The fourth-order valence-corrected chi connectivity index (χ4v) is 7.35. The van der Waals surface area contributed by atoms with Gasteiger partial charge in [0.25, 0.3) is 5.91 Å². The van der Waals surface area contributed by atoms with E-state index in [0.29, 0.717) is 17.1 Å². The number of para-hydroxylation sites is 1. The molecule has 0 spiro atoms. The Kier molecular flexibility index (Phi) is 8.43. The zero-order valence-corrected chi connectivity index (χ0v) is 24.0. The molecule has 0 aliphatic carbocycles. The highest BCUT2D eigenvalue weighted by Gasteiger charge is 2.41. The van der Waals surface area contributed by atoms with E-state index in [0.717, 1.165) is 34.2 Å². The van der Waals surface area contributed by atoms with Gasteiger partial charge >= 0.3 is 6.61 Å². The van der Waals surface area contributed by atoms with Crippen molar-refractivity contribution in [3.8, 4) is 11.5 Å². The molecule has 220 valence electrons. The molecule has 1 unspecified atom stereocenters. The summed E-state index contributed by atoms with van der Waals surface area (Å²) in [7, 11) is 0. The molecule has 3 aliphatic rings. The van der Waals surface area contributed by atoms with Crippen molar-refractivity contribution in [2.75, 3.05) is 19.6 Å². The van der Waals surface area contributed by atoms with Crippen LogP contribution in [0.4, 0.5) is 8.78 Å². The van der Waals surface area contributed by atoms with E-state index in [-0.39, 0.29) is 19.5 Å². The fraction of sp³-hybridized carbons (Fsp3) is 0.345. The molecule has 4 heterocycles. The molecule has 3 N–H and O–H groups in total. The Hall–Kier alpha value is -3.52. The van der Waals surface area contributed by atoms with Crippen molar-refractivity contribution in [3.63, 3.8) is 0 Å². The van der Waals surface area contributed by atoms with Gasteiger partial charge in [-0.15, -0.1) is 11.3 Å². The lowest BCUT2D eigenvalue weighted by molar-refractivity contribution is -0.160. The van der Waals surface area contributed by atoms with Gasteiger partial charge in [0.15, 0.2) is 0 Å². The van der Waals surface area contributed by atoms with Gasteiger partial charge in [-0.05, 0) is 54.9 Å². The van der Waals surface area contributed by atoms with Crippen LogP contribution in [-0.2, 0) is 33.8 Å². The highest BCUT2D eigenvalue weighted by molar-refractivity contribution is 7.99. The quantitative estimate of drug-likeness (QED) is 0.276. The van der Waals surface area contributed by atoms with Gasteiger partial charge in [0.1, 0.15) is 17.5 Å². The molecule has 9 nitrogen and oxygen atoms in total. The van der Waals surface area contributed by atoms with Crippen LogP contribution in [0.15, 0.2) is 58.3 Å². The van der Waals surface area contributed by atoms with Crippen molar-refractivity contribution < 1.29 is 32.6 Å². The number of alkyl halides is 2. The third kappa shape index (κ3) is 6.28. The number of nitrogens with zero attached hydrogens (tertiary/aromatic N) is 1. The highest BCUT2D eigenvalue weighted by Crippen LogP contribution is 2.46. The summed E-state index contributed by atoms with van der Waals surface area (Å²) in [5.74, 6) is -0.305. The van der Waals surface area contributed by atoms with Gasteiger partial charge in [0.2, 0.25) is 11.8 Å². The van der Waals surface area contributed by atoms with E-state index < -0.39 is 43.0 Å². The first kappa shape index (κ1) is 28.6. The van der Waals surface area contributed by atoms with E-state index in [1.165, 1.54) is 27.1 Å². The first-order valence-electron chi connectivity index (χ1n) is 13.5. The number of ether oxygens (including phenoxy) is 2. The second kappa shape index (κ2) is 12.4. The number of thiophene rings is 1. The average Bonchev–Trinajstić information content (AvgIpc) is 3.61. The summed E-state index contributed by atoms with van der Waals surface area (Å²) >= 11 is 3.14. The number of hydrogen-bond acceptors (Lipinski definition) is 8. The van der Waals surface area contributed by atoms with Gasteiger partial charge in [-0.2, -0.15) is 8.78 Å². The maximum atomic E-state index is 13.2. The molecular formula is C29H28F2N4O5S2. The lowest BCUT2D eigenvalue weighted by atomic mass is 10.1. The van der Waals surface area contributed by atoms with Crippen LogP contribution >= 0.6 is 23.1 Å². The molecule has 1 saturated heterocycles. The lowest BCUT2D eigenvalue weighted by Crippen LogP contribution is -2.48. The normalized spacial score (nSPS) is 19.0. The number of amides is 3. The maximum Gasteiger partial charge on any atom is 0.345 e. The fourth-order valence-electron chi connectivity index (χ4n) is 5.29. The van der Waals surface area contributed by atoms with Crippen LogP contribution < -0.4 is 20.7 Å². The summed E-state index contributed by atoms with van der Waals surface area (Å²) in [4.78, 5) is 44.5. The summed E-state index contributed by atoms with van der Waals surface area (Å²) in [6, 6.07) is 13.7. The number of hydrogen-bond donors (Lipinski definition) is 3. The molecule has 6 rings (SSSR count). The van der Waals surface area contributed by atoms with Crippen molar-refractivity contribution in [1.29, 1.82) is 0 Å². The molecule has 0 saturated carbocycles. The van der Waals surface area contributed by atoms with Crippen molar-refractivity contribution in [2.45, 2.75) is 54.5 Å². The smallest absolute Gasteiger partial charge is 0.345 e. The number of carbonyl (C=O) groups is 3. The minimum Gasteiger partial charge on any atom is -0.455 e. The number of fused-ring (bicyclic) bond motifs is 3. The van der Waals surface area contributed by atoms with E-state index >= 15 is 0 Å². The van der Waals surface area contributed by atoms with Crippen LogP contribution in [0.1, 0.15) is 32.1 Å². The molecule has 2 aromatic carbocycles. The third-order valence-electron chi connectivity index (χ3n) is 7.32. The van der Waals surface area contributed by atoms with Crippen molar-refractivity contribution in [1.82, 2.24) is 20.9 Å². The van der Waals surface area contributed by atoms with E-state index in [4.69, 9.17) is 4.74 Å². The predicted octanol–water partition coefficient (Wildman–Crippen LogP) is 3.91. The first-order chi connectivity index (χ1) is 20.3. The summed E-state index contributed by atoms with van der Waals surface area (Å²) in [6.07, 6.45) is -0.144. The SMILES string of the molecule is O=C(NCC(=O)N1C[C@H](OC(F)F)CC1C(=O)NCc1cc2c(s1)CNCC2)c1ccc2c(c1)Oc1ccccc1S2. The summed E-state index contributed by atoms with van der Waals surface area (Å²) in [6.45, 7) is -1.65. The van der Waals surface area contributed by atoms with Gasteiger partial charge in [-0.25, -0.2) is 0 Å². The molecule has 0 radical (unpaired) electrons. The number of nitrogens with one attached hydrogen (secondary N) is 3. The van der Waals surface area contributed by atoms with Gasteiger partial charge in [0.05, 0.1) is 29.0 Å². The predicted molar refractivity (Wildman–Crippen MR) is 152 cm³/mol. The summed E-state index contributed by atoms with van der Waals surface area (Å²) < 4.78 is 36.5. The molecule has 2 atom stereocenters. The number of halogens is 2. The number of benzene rings is 2. The molecule has 3 aliphatic heterocycles. The van der Waals surface area contributed by atoms with Crippen LogP contribution in [-0.4, -0.2) is 61.0 Å². The molecule has 1 aromatic heterocycles. The van der Waals surface area contributed by atoms with Gasteiger partial charge in [-0.1, -0.05) is 23.9 Å². The Bertz CT molecular complexity index is 1490. The molecule has 0 bridgehead atoms. The molecule has 3 aromatic rings. The Morgan fingerprint density at radius 1 is 1.10 bits per heavy atom. The zero-order valence-electron chi connectivity index (χ0n) is 22.4. The molecular weight excluding hydrogens is 586 g/mol. The molecule has 1 fully saturated rings. The van der Waals surface area contributed by atoms with Crippen LogP contribution in [0.2, 0.25) is 0 Å². The largest absolute Gasteiger partial charge is 0.455 e. The van der Waals surface area contributed by atoms with Gasteiger partial charge in [-0.3, -0.25) is 14.4 Å². The monoisotopic (exact) mass is 614 g/mol. The topological polar surface area (TPSA) is 109 Å². The van der Waals surface area contributed by atoms with E-state index in [1.807, 2.05) is 24.3 Å². The van der Waals surface area contributed by atoms with Crippen LogP contribution in [0.3, 0.4) is 0 Å². The number of likely N-dealkylation sites (tertiary alicyclic amines) is 1. The zero-order chi connectivity index (χ0) is 29.2. The molecule has 13 heteroatoms. The average molecular weight is 615 g/mol. The minimum absolute atomic E-state index is 0.0674. The maximum absolute atomic E-state index is 13.2. The van der Waals surface area contributed by atoms with Gasteiger partial charge < -0.3 is 30.3 Å². The Morgan fingerprint density at radius 2 is 1.93 bits per heavy atom. The van der Waals surface area contributed by atoms with E-state index in [9.17, 15) is 23.2 Å². The summed E-state index contributed by atoms with van der Waals surface area (Å²) in [5, 5.41) is 8.75. The van der Waals surface area contributed by atoms with Crippen molar-refractivity contribution in [2.24, 2.45) is 0 Å². The highest BCUT2D eigenvalue weighted by atomic mass is 32.2. The van der Waals surface area contributed by atoms with E-state index in [1.54, 1.807) is 29.5 Å². The number of carbonyl (C=O) groups excluding carboxylic acids is 3. The van der Waals surface area contributed by atoms with Crippen LogP contribution in [0.5, 0.6) is 11.5 Å². The molecule has 42 heavy (non-hydrogen) atoms. The number of rotatable bonds is 8. The Morgan fingerprint density at radius 3 is 2.76 bits per heavy atom. The Balaban J connectivity index is 1.08. The van der Waals surface area contributed by atoms with Crippen LogP contribution in [0.25, 0.3) is 0 Å². The second-order valence-corrected chi connectivity index (χ2v) is 12.4. The van der Waals surface area contributed by atoms with E-state index in [2.05, 4.69) is 26.8 Å². The third-order valence-corrected chi connectivity index (χ3v) is 9.61. The van der Waals surface area contributed by atoms with Crippen molar-refractivity contribution in [3.05, 3.63) is 69.4 Å². The van der Waals surface area contributed by atoms with Crippen LogP contribution in [0, 0.1) is 0 Å². The standard InChI is InChI=1S/C29H28F2N4O5S2/c30-29(31)39-18-11-20(28(38)33-12-19-9-16-7-8-32-13-25(16)41-19)35(15-18)26(36)14-34-27(37)17-5-6-24-22(10-17)40-21-3-1-2-4-23(21)42-24/h1-6,9-10,18,20,29,32H,7-8,11-15H2,(H,33,38)(H,34,37)/t18-,20?/m1/s1. The van der Waals surface area contributed by atoms with Gasteiger partial charge in [0, 0.05) is 34.8 Å². The lowest BCUT2D eigenvalue weighted by Gasteiger charge is -2.24. The second-order valence-electron chi connectivity index (χ2n) is 10.1. The van der Waals surface area contributed by atoms with Crippen molar-refractivity contribution >= 4 is 40.8 Å². The summed E-state index contributed by atoms with van der Waals surface area (Å²) in [5.41, 5.74) is 1.56. The molecule has 3 amide bonds. The first-order valence-corrected chi connectivity index (χ1v) is 15.2. The minimum atomic E-state index is -3.03.